The average Bonchev–Trinajstić information content (AvgIpc) is 2.91. The van der Waals surface area contributed by atoms with Gasteiger partial charge in [0.15, 0.2) is 0 Å². The van der Waals surface area contributed by atoms with Gasteiger partial charge in [0.2, 0.25) is 0 Å². The summed E-state index contributed by atoms with van der Waals surface area (Å²) in [6.45, 7) is 2.17. The van der Waals surface area contributed by atoms with Crippen molar-refractivity contribution >= 4 is 16.9 Å². The van der Waals surface area contributed by atoms with Gasteiger partial charge < -0.3 is 9.30 Å². The van der Waals surface area contributed by atoms with Gasteiger partial charge in [-0.05, 0) is 31.2 Å². The number of hydrogen-bond donors (Lipinski definition) is 0. The molecule has 4 heteroatoms. The number of fused-ring (bicyclic) bond motifs is 1. The van der Waals surface area contributed by atoms with E-state index in [1.54, 1.807) is 25.4 Å². The van der Waals surface area contributed by atoms with Crippen LogP contribution in [0.1, 0.15) is 17.3 Å². The molecule has 0 radical (unpaired) electrons. The van der Waals surface area contributed by atoms with Crippen molar-refractivity contribution in [3.8, 4) is 5.69 Å². The lowest BCUT2D eigenvalue weighted by Gasteiger charge is -2.11. The van der Waals surface area contributed by atoms with Crippen molar-refractivity contribution < 1.29 is 9.53 Å². The molecule has 0 saturated heterocycles. The molecule has 2 heterocycles. The Morgan fingerprint density at radius 1 is 1.25 bits per heavy atom. The number of para-hydroxylation sites is 1. The minimum Gasteiger partial charge on any atom is -0.462 e. The molecule has 3 aromatic rings. The van der Waals surface area contributed by atoms with E-state index in [1.165, 1.54) is 0 Å². The molecule has 3 rings (SSSR count). The number of ether oxygens (including phenoxy) is 1. The quantitative estimate of drug-likeness (QED) is 0.684. The molecule has 0 aliphatic heterocycles. The third-order valence-corrected chi connectivity index (χ3v) is 3.15. The molecule has 0 unspecified atom stereocenters. The van der Waals surface area contributed by atoms with Gasteiger partial charge in [-0.2, -0.15) is 0 Å². The van der Waals surface area contributed by atoms with Crippen molar-refractivity contribution in [3.63, 3.8) is 0 Å². The summed E-state index contributed by atoms with van der Waals surface area (Å²) in [7, 11) is 0. The van der Waals surface area contributed by atoms with Crippen LogP contribution in [0.25, 0.3) is 16.6 Å². The molecular weight excluding hydrogens is 252 g/mol. The van der Waals surface area contributed by atoms with E-state index in [1.807, 2.05) is 41.1 Å². The molecule has 0 spiro atoms. The average molecular weight is 266 g/mol. The van der Waals surface area contributed by atoms with E-state index in [0.29, 0.717) is 12.2 Å². The smallest absolute Gasteiger partial charge is 0.340 e. The Labute approximate surface area is 116 Å². The maximum Gasteiger partial charge on any atom is 0.340 e. The molecule has 4 nitrogen and oxygen atoms in total. The van der Waals surface area contributed by atoms with Crippen LogP contribution in [-0.4, -0.2) is 22.1 Å². The molecule has 0 atom stereocenters. The zero-order valence-electron chi connectivity index (χ0n) is 11.1. The summed E-state index contributed by atoms with van der Waals surface area (Å²) in [6, 6.07) is 11.3. The summed E-state index contributed by atoms with van der Waals surface area (Å²) >= 11 is 0. The fourth-order valence-corrected chi connectivity index (χ4v) is 2.26. The molecule has 0 fully saturated rings. The van der Waals surface area contributed by atoms with Crippen molar-refractivity contribution in [3.05, 3.63) is 60.6 Å². The summed E-state index contributed by atoms with van der Waals surface area (Å²) in [5.74, 6) is -0.306. The zero-order chi connectivity index (χ0) is 13.9. The number of nitrogens with zero attached hydrogens (tertiary/aromatic N) is 2. The second-order valence-electron chi connectivity index (χ2n) is 4.36. The van der Waals surface area contributed by atoms with Crippen molar-refractivity contribution in [2.75, 3.05) is 6.61 Å². The number of pyridine rings is 1. The molecule has 0 amide bonds. The summed E-state index contributed by atoms with van der Waals surface area (Å²) in [4.78, 5) is 16.2. The van der Waals surface area contributed by atoms with Crippen molar-refractivity contribution in [2.45, 2.75) is 6.92 Å². The van der Waals surface area contributed by atoms with Gasteiger partial charge in [-0.25, -0.2) is 4.79 Å². The van der Waals surface area contributed by atoms with Crippen LogP contribution in [0.3, 0.4) is 0 Å². The van der Waals surface area contributed by atoms with Crippen molar-refractivity contribution in [1.82, 2.24) is 9.55 Å². The number of esters is 1. The van der Waals surface area contributed by atoms with Crippen LogP contribution in [0.2, 0.25) is 0 Å². The predicted octanol–water partition coefficient (Wildman–Crippen LogP) is 3.20. The fourth-order valence-electron chi connectivity index (χ4n) is 2.26. The van der Waals surface area contributed by atoms with E-state index >= 15 is 0 Å². The second-order valence-corrected chi connectivity index (χ2v) is 4.36. The molecule has 0 N–H and O–H groups in total. The van der Waals surface area contributed by atoms with E-state index in [0.717, 1.165) is 16.6 Å². The van der Waals surface area contributed by atoms with Crippen LogP contribution in [0, 0.1) is 0 Å². The van der Waals surface area contributed by atoms with Gasteiger partial charge >= 0.3 is 5.97 Å². The molecule has 0 aliphatic carbocycles. The van der Waals surface area contributed by atoms with Crippen molar-refractivity contribution in [1.29, 1.82) is 0 Å². The van der Waals surface area contributed by atoms with Crippen LogP contribution in [0.4, 0.5) is 0 Å². The van der Waals surface area contributed by atoms with Crippen LogP contribution in [0.5, 0.6) is 0 Å². The topological polar surface area (TPSA) is 44.1 Å². The first-order valence-corrected chi connectivity index (χ1v) is 6.49. The molecule has 0 aliphatic rings. The molecular formula is C16H14N2O2. The number of benzene rings is 1. The first-order chi connectivity index (χ1) is 9.81. The minimum absolute atomic E-state index is 0.306. The van der Waals surface area contributed by atoms with Gasteiger partial charge in [0.25, 0.3) is 0 Å². The number of aromatic nitrogens is 2. The Morgan fingerprint density at radius 2 is 2.10 bits per heavy atom. The normalized spacial score (nSPS) is 10.7. The third-order valence-electron chi connectivity index (χ3n) is 3.15. The van der Waals surface area contributed by atoms with Gasteiger partial charge in [0.05, 0.1) is 23.4 Å². The summed E-state index contributed by atoms with van der Waals surface area (Å²) < 4.78 is 7.09. The highest BCUT2D eigenvalue weighted by atomic mass is 16.5. The molecule has 2 aromatic heterocycles. The minimum atomic E-state index is -0.306. The molecule has 0 bridgehead atoms. The Bertz CT molecular complexity index is 762. The SMILES string of the molecule is CCOC(=O)c1ccccc1-n1ccc2cnccc21. The summed E-state index contributed by atoms with van der Waals surface area (Å²) in [5.41, 5.74) is 2.38. The highest BCUT2D eigenvalue weighted by Gasteiger charge is 2.14. The maximum absolute atomic E-state index is 12.0. The van der Waals surface area contributed by atoms with E-state index in [4.69, 9.17) is 4.74 Å². The van der Waals surface area contributed by atoms with Gasteiger partial charge in [0.1, 0.15) is 0 Å². The first-order valence-electron chi connectivity index (χ1n) is 6.49. The predicted molar refractivity (Wildman–Crippen MR) is 77.0 cm³/mol. The monoisotopic (exact) mass is 266 g/mol. The van der Waals surface area contributed by atoms with Gasteiger partial charge in [-0.1, -0.05) is 12.1 Å². The Hall–Kier alpha value is -2.62. The number of carbonyl (C=O) groups is 1. The Kier molecular flexibility index (Phi) is 3.21. The highest BCUT2D eigenvalue weighted by molar-refractivity contribution is 5.94. The van der Waals surface area contributed by atoms with Crippen LogP contribution in [0.15, 0.2) is 55.0 Å². The Balaban J connectivity index is 2.17. The fraction of sp³-hybridized carbons (Fsp3) is 0.125. The molecule has 0 saturated carbocycles. The van der Waals surface area contributed by atoms with Crippen LogP contribution in [-0.2, 0) is 4.74 Å². The molecule has 20 heavy (non-hydrogen) atoms. The number of rotatable bonds is 3. The third kappa shape index (κ3) is 2.05. The lowest BCUT2D eigenvalue weighted by molar-refractivity contribution is 0.0526. The first kappa shape index (κ1) is 12.4. The van der Waals surface area contributed by atoms with E-state index in [9.17, 15) is 4.79 Å². The van der Waals surface area contributed by atoms with E-state index < -0.39 is 0 Å². The van der Waals surface area contributed by atoms with E-state index in [-0.39, 0.29) is 5.97 Å². The lowest BCUT2D eigenvalue weighted by Crippen LogP contribution is -2.09. The van der Waals surface area contributed by atoms with Gasteiger partial charge in [-0.3, -0.25) is 4.98 Å². The highest BCUT2D eigenvalue weighted by Crippen LogP contribution is 2.22. The zero-order valence-corrected chi connectivity index (χ0v) is 11.1. The summed E-state index contributed by atoms with van der Waals surface area (Å²) in [5, 5.41) is 1.03. The van der Waals surface area contributed by atoms with Gasteiger partial charge in [0, 0.05) is 24.0 Å². The van der Waals surface area contributed by atoms with E-state index in [2.05, 4.69) is 4.98 Å². The number of hydrogen-bond acceptors (Lipinski definition) is 3. The van der Waals surface area contributed by atoms with Gasteiger partial charge in [-0.15, -0.1) is 0 Å². The standard InChI is InChI=1S/C16H14N2O2/c1-2-20-16(19)13-5-3-4-6-15(13)18-10-8-12-11-17-9-7-14(12)18/h3-11H,2H2,1H3. The van der Waals surface area contributed by atoms with Crippen molar-refractivity contribution in [2.24, 2.45) is 0 Å². The molecule has 1 aromatic carbocycles. The largest absolute Gasteiger partial charge is 0.462 e. The molecule has 100 valence electrons. The number of carbonyl (C=O) groups excluding carboxylic acids is 1. The maximum atomic E-state index is 12.0. The lowest BCUT2D eigenvalue weighted by atomic mass is 10.1. The van der Waals surface area contributed by atoms with Crippen LogP contribution < -0.4 is 0 Å². The van der Waals surface area contributed by atoms with Crippen LogP contribution >= 0.6 is 0 Å². The summed E-state index contributed by atoms with van der Waals surface area (Å²) in [6.07, 6.45) is 5.48. The second kappa shape index (κ2) is 5.17. The Morgan fingerprint density at radius 3 is 2.95 bits per heavy atom.